The zero-order valence-corrected chi connectivity index (χ0v) is 14.3. The van der Waals surface area contributed by atoms with Crippen molar-refractivity contribution >= 4 is 33.2 Å². The minimum atomic E-state index is 0.0206. The third-order valence-electron chi connectivity index (χ3n) is 3.29. The summed E-state index contributed by atoms with van der Waals surface area (Å²) in [6.45, 7) is 1.78. The van der Waals surface area contributed by atoms with Crippen LogP contribution in [0, 0.1) is 0 Å². The van der Waals surface area contributed by atoms with Crippen LogP contribution in [0.5, 0.6) is 11.5 Å². The summed E-state index contributed by atoms with van der Waals surface area (Å²) >= 11 is 5.13. The van der Waals surface area contributed by atoms with Crippen LogP contribution in [-0.2, 0) is 17.6 Å². The molecule has 1 aliphatic heterocycles. The number of rotatable bonds is 5. The van der Waals surface area contributed by atoms with Gasteiger partial charge in [-0.1, -0.05) is 6.07 Å². The van der Waals surface area contributed by atoms with Gasteiger partial charge in [-0.3, -0.25) is 4.79 Å². The molecule has 2 heterocycles. The van der Waals surface area contributed by atoms with E-state index in [1.807, 2.05) is 24.3 Å². The molecule has 0 bridgehead atoms. The van der Waals surface area contributed by atoms with E-state index in [2.05, 4.69) is 27.3 Å². The van der Waals surface area contributed by atoms with Crippen molar-refractivity contribution in [3.05, 3.63) is 44.6 Å². The Kier molecular flexibility index (Phi) is 5.00. The minimum absolute atomic E-state index is 0.0206. The van der Waals surface area contributed by atoms with Gasteiger partial charge in [0.05, 0.1) is 10.2 Å². The Morgan fingerprint density at radius 2 is 2.00 bits per heavy atom. The first-order valence-corrected chi connectivity index (χ1v) is 8.71. The molecule has 0 fully saturated rings. The third kappa shape index (κ3) is 4.01. The van der Waals surface area contributed by atoms with Gasteiger partial charge in [0, 0.05) is 11.4 Å². The van der Waals surface area contributed by atoms with E-state index >= 15 is 0 Å². The van der Waals surface area contributed by atoms with E-state index in [0.717, 1.165) is 27.3 Å². The number of carbonyl (C=O) groups excluding carboxylic acids is 1. The van der Waals surface area contributed by atoms with Crippen LogP contribution in [0.3, 0.4) is 0 Å². The Morgan fingerprint density at radius 1 is 1.18 bits per heavy atom. The fourth-order valence-corrected chi connectivity index (χ4v) is 3.74. The molecule has 22 heavy (non-hydrogen) atoms. The second-order valence-corrected chi connectivity index (χ2v) is 7.51. The molecule has 0 spiro atoms. The van der Waals surface area contributed by atoms with E-state index in [1.54, 1.807) is 11.3 Å². The van der Waals surface area contributed by atoms with Crippen LogP contribution in [0.2, 0.25) is 0 Å². The van der Waals surface area contributed by atoms with Crippen LogP contribution in [0.4, 0.5) is 0 Å². The van der Waals surface area contributed by atoms with Crippen LogP contribution in [0.1, 0.15) is 10.4 Å². The SMILES string of the molecule is O=C(Cc1ccc2c(c1)OCCO2)NCCc1ccc(Br)s1. The number of thiophene rings is 1. The highest BCUT2D eigenvalue weighted by Crippen LogP contribution is 2.30. The molecule has 6 heteroatoms. The van der Waals surface area contributed by atoms with Gasteiger partial charge in [0.1, 0.15) is 13.2 Å². The zero-order valence-electron chi connectivity index (χ0n) is 11.9. The lowest BCUT2D eigenvalue weighted by atomic mass is 10.1. The Bertz CT molecular complexity index is 671. The molecule has 1 amide bonds. The van der Waals surface area contributed by atoms with Gasteiger partial charge >= 0.3 is 0 Å². The van der Waals surface area contributed by atoms with Crippen LogP contribution in [0.25, 0.3) is 0 Å². The fraction of sp³-hybridized carbons (Fsp3) is 0.312. The molecule has 1 N–H and O–H groups in total. The molecule has 1 aromatic carbocycles. The number of ether oxygens (including phenoxy) is 2. The molecule has 4 nitrogen and oxygen atoms in total. The molecule has 116 valence electrons. The fourth-order valence-electron chi connectivity index (χ4n) is 2.26. The van der Waals surface area contributed by atoms with Gasteiger partial charge in [0.15, 0.2) is 11.5 Å². The van der Waals surface area contributed by atoms with E-state index < -0.39 is 0 Å². The normalized spacial score (nSPS) is 13.0. The second-order valence-electron chi connectivity index (χ2n) is 4.96. The van der Waals surface area contributed by atoms with E-state index in [0.29, 0.717) is 26.2 Å². The predicted molar refractivity (Wildman–Crippen MR) is 89.9 cm³/mol. The number of amides is 1. The second kappa shape index (κ2) is 7.15. The van der Waals surface area contributed by atoms with E-state index in [9.17, 15) is 4.79 Å². The summed E-state index contributed by atoms with van der Waals surface area (Å²) in [6.07, 6.45) is 1.20. The summed E-state index contributed by atoms with van der Waals surface area (Å²) in [7, 11) is 0. The van der Waals surface area contributed by atoms with Gasteiger partial charge in [-0.2, -0.15) is 0 Å². The molecule has 0 atom stereocenters. The molecule has 0 radical (unpaired) electrons. The lowest BCUT2D eigenvalue weighted by molar-refractivity contribution is -0.120. The van der Waals surface area contributed by atoms with Gasteiger partial charge in [-0.15, -0.1) is 11.3 Å². The molecular formula is C16H16BrNO3S. The standard InChI is InChI=1S/C16H16BrNO3S/c17-15-4-2-12(22-15)5-6-18-16(19)10-11-1-3-13-14(9-11)21-8-7-20-13/h1-4,9H,5-8,10H2,(H,18,19). The Morgan fingerprint density at radius 3 is 2.77 bits per heavy atom. The average Bonchev–Trinajstić information content (AvgIpc) is 2.92. The van der Waals surface area contributed by atoms with Crippen molar-refractivity contribution in [2.24, 2.45) is 0 Å². The molecule has 1 aromatic heterocycles. The Balaban J connectivity index is 1.49. The van der Waals surface area contributed by atoms with E-state index in [-0.39, 0.29) is 5.91 Å². The van der Waals surface area contributed by atoms with Crippen LogP contribution >= 0.6 is 27.3 Å². The highest BCUT2D eigenvalue weighted by Gasteiger charge is 2.13. The van der Waals surface area contributed by atoms with Crippen molar-refractivity contribution in [1.29, 1.82) is 0 Å². The van der Waals surface area contributed by atoms with Crippen LogP contribution in [-0.4, -0.2) is 25.7 Å². The molecule has 3 rings (SSSR count). The summed E-state index contributed by atoms with van der Waals surface area (Å²) in [5, 5.41) is 2.95. The maximum Gasteiger partial charge on any atom is 0.224 e. The van der Waals surface area contributed by atoms with Crippen LogP contribution in [0.15, 0.2) is 34.1 Å². The topological polar surface area (TPSA) is 47.6 Å². The average molecular weight is 382 g/mol. The number of carbonyl (C=O) groups is 1. The summed E-state index contributed by atoms with van der Waals surface area (Å²) in [6, 6.07) is 9.74. The van der Waals surface area contributed by atoms with Crippen molar-refractivity contribution in [2.45, 2.75) is 12.8 Å². The molecule has 0 saturated carbocycles. The molecule has 2 aromatic rings. The van der Waals surface area contributed by atoms with Crippen LogP contribution < -0.4 is 14.8 Å². The van der Waals surface area contributed by atoms with Crippen molar-refractivity contribution < 1.29 is 14.3 Å². The summed E-state index contributed by atoms with van der Waals surface area (Å²) in [5.41, 5.74) is 0.931. The lowest BCUT2D eigenvalue weighted by Crippen LogP contribution is -2.27. The summed E-state index contributed by atoms with van der Waals surface area (Å²) < 4.78 is 12.1. The first-order chi connectivity index (χ1) is 10.7. The molecular weight excluding hydrogens is 366 g/mol. The summed E-state index contributed by atoms with van der Waals surface area (Å²) in [4.78, 5) is 13.2. The van der Waals surface area contributed by atoms with Gasteiger partial charge in [0.25, 0.3) is 0 Å². The number of hydrogen-bond acceptors (Lipinski definition) is 4. The first-order valence-electron chi connectivity index (χ1n) is 7.10. The van der Waals surface area contributed by atoms with Crippen molar-refractivity contribution in [2.75, 3.05) is 19.8 Å². The minimum Gasteiger partial charge on any atom is -0.486 e. The summed E-state index contributed by atoms with van der Waals surface area (Å²) in [5.74, 6) is 1.49. The monoisotopic (exact) mass is 381 g/mol. The van der Waals surface area contributed by atoms with Crippen molar-refractivity contribution in [3.63, 3.8) is 0 Å². The maximum atomic E-state index is 12.0. The molecule has 0 unspecified atom stereocenters. The highest BCUT2D eigenvalue weighted by atomic mass is 79.9. The Labute approximate surface area is 141 Å². The Hall–Kier alpha value is -1.53. The number of nitrogens with one attached hydrogen (secondary N) is 1. The van der Waals surface area contributed by atoms with Gasteiger partial charge in [-0.05, 0) is 52.2 Å². The van der Waals surface area contributed by atoms with E-state index in [1.165, 1.54) is 4.88 Å². The number of fused-ring (bicyclic) bond motifs is 1. The smallest absolute Gasteiger partial charge is 0.224 e. The lowest BCUT2D eigenvalue weighted by Gasteiger charge is -2.18. The van der Waals surface area contributed by atoms with E-state index in [4.69, 9.17) is 9.47 Å². The molecule has 0 aliphatic carbocycles. The zero-order chi connectivity index (χ0) is 15.4. The van der Waals surface area contributed by atoms with Crippen molar-refractivity contribution in [3.8, 4) is 11.5 Å². The number of hydrogen-bond donors (Lipinski definition) is 1. The number of benzene rings is 1. The quantitative estimate of drug-likeness (QED) is 0.864. The molecule has 0 saturated heterocycles. The van der Waals surface area contributed by atoms with Gasteiger partial charge in [-0.25, -0.2) is 0 Å². The van der Waals surface area contributed by atoms with Gasteiger partial charge in [0.2, 0.25) is 5.91 Å². The maximum absolute atomic E-state index is 12.0. The van der Waals surface area contributed by atoms with Gasteiger partial charge < -0.3 is 14.8 Å². The molecule has 1 aliphatic rings. The van der Waals surface area contributed by atoms with Crippen molar-refractivity contribution in [1.82, 2.24) is 5.32 Å². The predicted octanol–water partition coefficient (Wildman–Crippen LogP) is 3.18. The first kappa shape index (κ1) is 15.4. The number of halogens is 1. The largest absolute Gasteiger partial charge is 0.486 e. The highest BCUT2D eigenvalue weighted by molar-refractivity contribution is 9.11. The third-order valence-corrected chi connectivity index (χ3v) is 4.98.